The number of ketones is 1. The zero-order valence-electron chi connectivity index (χ0n) is 12.2. The topological polar surface area (TPSA) is 72.0 Å². The molecule has 0 aliphatic rings. The highest BCUT2D eigenvalue weighted by Gasteiger charge is 2.23. The van der Waals surface area contributed by atoms with Crippen molar-refractivity contribution in [2.24, 2.45) is 0 Å². The van der Waals surface area contributed by atoms with E-state index in [0.717, 1.165) is 5.52 Å². The van der Waals surface area contributed by atoms with Crippen LogP contribution in [0, 0.1) is 0 Å². The van der Waals surface area contributed by atoms with E-state index in [0.29, 0.717) is 16.0 Å². The Kier molecular flexibility index (Phi) is 4.12. The number of benzene rings is 2. The number of nitrogens with zero attached hydrogens (tertiary/aromatic N) is 1. The third kappa shape index (κ3) is 3.10. The fraction of sp³-hybridized carbons (Fsp3) is 0.118. The van der Waals surface area contributed by atoms with Gasteiger partial charge in [0.25, 0.3) is 0 Å². The summed E-state index contributed by atoms with van der Waals surface area (Å²) in [5.41, 5.74) is 1.33. The molecule has 0 unspecified atom stereocenters. The molecule has 116 valence electrons. The van der Waals surface area contributed by atoms with Crippen LogP contribution in [-0.4, -0.2) is 28.1 Å². The number of aromatic nitrogens is 2. The molecule has 6 heteroatoms. The van der Waals surface area contributed by atoms with Crippen LogP contribution in [0.1, 0.15) is 27.8 Å². The zero-order chi connectivity index (χ0) is 16.4. The number of esters is 1. The van der Waals surface area contributed by atoms with Gasteiger partial charge in [-0.3, -0.25) is 9.89 Å². The highest BCUT2D eigenvalue weighted by atomic mass is 35.5. The molecule has 0 fully saturated rings. The Hall–Kier alpha value is -2.66. The van der Waals surface area contributed by atoms with Crippen LogP contribution in [0.25, 0.3) is 10.9 Å². The molecule has 5 nitrogen and oxygen atoms in total. The van der Waals surface area contributed by atoms with Crippen molar-refractivity contribution in [2.45, 2.75) is 13.0 Å². The van der Waals surface area contributed by atoms with Gasteiger partial charge in [0.1, 0.15) is 0 Å². The van der Waals surface area contributed by atoms with E-state index >= 15 is 0 Å². The molecule has 3 aromatic rings. The maximum atomic E-state index is 12.3. The first-order valence-corrected chi connectivity index (χ1v) is 7.38. The fourth-order valence-corrected chi connectivity index (χ4v) is 2.36. The van der Waals surface area contributed by atoms with Gasteiger partial charge in [-0.15, -0.1) is 0 Å². The number of halogens is 1. The number of carbonyl (C=O) groups excluding carboxylic acids is 2. The molecule has 3 rings (SSSR count). The number of hydrogen-bond donors (Lipinski definition) is 1. The monoisotopic (exact) mass is 328 g/mol. The Morgan fingerprint density at radius 3 is 2.57 bits per heavy atom. The molecule has 1 N–H and O–H groups in total. The van der Waals surface area contributed by atoms with Crippen molar-refractivity contribution in [3.63, 3.8) is 0 Å². The highest BCUT2D eigenvalue weighted by molar-refractivity contribution is 6.30. The Balaban J connectivity index is 1.77. The summed E-state index contributed by atoms with van der Waals surface area (Å²) in [5, 5.41) is 7.92. The molecule has 2 aromatic carbocycles. The lowest BCUT2D eigenvalue weighted by Crippen LogP contribution is -2.24. The minimum atomic E-state index is -0.917. The number of H-pyrrole nitrogens is 1. The van der Waals surface area contributed by atoms with Crippen LogP contribution >= 0.6 is 11.6 Å². The van der Waals surface area contributed by atoms with Gasteiger partial charge >= 0.3 is 5.97 Å². The number of rotatable bonds is 4. The molecule has 0 bridgehead atoms. The van der Waals surface area contributed by atoms with Gasteiger partial charge in [0.05, 0.1) is 5.52 Å². The van der Waals surface area contributed by atoms with Crippen LogP contribution in [0.5, 0.6) is 0 Å². The largest absolute Gasteiger partial charge is 0.449 e. The maximum absolute atomic E-state index is 12.3. The second kappa shape index (κ2) is 6.22. The van der Waals surface area contributed by atoms with E-state index < -0.39 is 12.1 Å². The third-order valence-corrected chi connectivity index (χ3v) is 3.70. The molecule has 0 spiro atoms. The first-order chi connectivity index (χ1) is 11.1. The average Bonchev–Trinajstić information content (AvgIpc) is 2.99. The summed E-state index contributed by atoms with van der Waals surface area (Å²) < 4.78 is 5.25. The van der Waals surface area contributed by atoms with E-state index in [2.05, 4.69) is 10.2 Å². The zero-order valence-corrected chi connectivity index (χ0v) is 13.0. The smallest absolute Gasteiger partial charge is 0.360 e. The van der Waals surface area contributed by atoms with Gasteiger partial charge in [0.2, 0.25) is 5.78 Å². The molecule has 0 amide bonds. The van der Waals surface area contributed by atoms with E-state index in [9.17, 15) is 9.59 Å². The van der Waals surface area contributed by atoms with Gasteiger partial charge in [-0.2, -0.15) is 5.10 Å². The molecule has 0 saturated heterocycles. The minimum Gasteiger partial charge on any atom is -0.449 e. The minimum absolute atomic E-state index is 0.163. The molecule has 1 atom stereocenters. The number of Topliss-reactive ketones (excluding diaryl/α,β-unsaturated/α-hetero) is 1. The lowest BCUT2D eigenvalue weighted by Gasteiger charge is -2.11. The number of ether oxygens (including phenoxy) is 1. The normalized spacial score (nSPS) is 12.1. The Morgan fingerprint density at radius 2 is 1.83 bits per heavy atom. The van der Waals surface area contributed by atoms with Crippen molar-refractivity contribution in [2.75, 3.05) is 0 Å². The summed E-state index contributed by atoms with van der Waals surface area (Å²) in [6.45, 7) is 1.53. The van der Waals surface area contributed by atoms with E-state index in [4.69, 9.17) is 16.3 Å². The van der Waals surface area contributed by atoms with Gasteiger partial charge < -0.3 is 4.74 Å². The third-order valence-electron chi connectivity index (χ3n) is 3.45. The first kappa shape index (κ1) is 15.2. The molecule has 0 aliphatic carbocycles. The Bertz CT molecular complexity index is 871. The summed E-state index contributed by atoms with van der Waals surface area (Å²) >= 11 is 5.79. The van der Waals surface area contributed by atoms with Gasteiger partial charge in [-0.05, 0) is 37.3 Å². The van der Waals surface area contributed by atoms with Crippen LogP contribution in [0.4, 0.5) is 0 Å². The van der Waals surface area contributed by atoms with Gasteiger partial charge in [-0.1, -0.05) is 29.8 Å². The van der Waals surface area contributed by atoms with Crippen LogP contribution in [-0.2, 0) is 4.74 Å². The molecule has 1 aromatic heterocycles. The summed E-state index contributed by atoms with van der Waals surface area (Å²) in [5.74, 6) is -0.938. The standard InChI is InChI=1S/C17H13ClN2O3/c1-10(16(21)11-6-8-12(18)9-7-11)23-17(22)15-13-4-2-3-5-14(13)19-20-15/h2-10H,1H3,(H,19,20)/t10-/m0/s1. The quantitative estimate of drug-likeness (QED) is 0.586. The lowest BCUT2D eigenvalue weighted by atomic mass is 10.1. The summed E-state index contributed by atoms with van der Waals surface area (Å²) in [6, 6.07) is 13.6. The van der Waals surface area contributed by atoms with Crippen LogP contribution in [0.3, 0.4) is 0 Å². The number of aromatic amines is 1. The fourth-order valence-electron chi connectivity index (χ4n) is 2.24. The maximum Gasteiger partial charge on any atom is 0.360 e. The van der Waals surface area contributed by atoms with E-state index in [1.165, 1.54) is 6.92 Å². The number of fused-ring (bicyclic) bond motifs is 1. The predicted molar refractivity (Wildman–Crippen MR) is 86.8 cm³/mol. The number of hydrogen-bond acceptors (Lipinski definition) is 4. The molecule has 0 aliphatic heterocycles. The van der Waals surface area contributed by atoms with Crippen LogP contribution in [0.2, 0.25) is 5.02 Å². The predicted octanol–water partition coefficient (Wildman–Crippen LogP) is 3.64. The summed E-state index contributed by atoms with van der Waals surface area (Å²) in [7, 11) is 0. The summed E-state index contributed by atoms with van der Waals surface area (Å²) in [4.78, 5) is 24.5. The molecular formula is C17H13ClN2O3. The van der Waals surface area contributed by atoms with Crippen molar-refractivity contribution in [1.29, 1.82) is 0 Å². The number of nitrogens with one attached hydrogen (secondary N) is 1. The second-order valence-corrected chi connectivity index (χ2v) is 5.47. The van der Waals surface area contributed by atoms with Crippen LogP contribution in [0.15, 0.2) is 48.5 Å². The second-order valence-electron chi connectivity index (χ2n) is 5.04. The summed E-state index contributed by atoms with van der Waals surface area (Å²) in [6.07, 6.45) is -0.917. The Labute approximate surface area is 137 Å². The van der Waals surface area contributed by atoms with Crippen molar-refractivity contribution in [1.82, 2.24) is 10.2 Å². The molecular weight excluding hydrogens is 316 g/mol. The van der Waals surface area contributed by atoms with E-state index in [1.807, 2.05) is 6.07 Å². The molecule has 1 heterocycles. The average molecular weight is 329 g/mol. The van der Waals surface area contributed by atoms with Gasteiger partial charge in [0, 0.05) is 16.0 Å². The van der Waals surface area contributed by atoms with E-state index in [1.54, 1.807) is 42.5 Å². The molecule has 23 heavy (non-hydrogen) atoms. The molecule has 0 saturated carbocycles. The number of para-hydroxylation sites is 1. The SMILES string of the molecule is C[C@H](OC(=O)c1n[nH]c2ccccc12)C(=O)c1ccc(Cl)cc1. The van der Waals surface area contributed by atoms with Crippen molar-refractivity contribution in [3.05, 3.63) is 64.8 Å². The van der Waals surface area contributed by atoms with E-state index in [-0.39, 0.29) is 11.5 Å². The van der Waals surface area contributed by atoms with Crippen LogP contribution < -0.4 is 0 Å². The van der Waals surface area contributed by atoms with Gasteiger partial charge in [0.15, 0.2) is 11.8 Å². The Morgan fingerprint density at radius 1 is 1.13 bits per heavy atom. The van der Waals surface area contributed by atoms with Crippen molar-refractivity contribution >= 4 is 34.3 Å². The van der Waals surface area contributed by atoms with Crippen molar-refractivity contribution < 1.29 is 14.3 Å². The lowest BCUT2D eigenvalue weighted by molar-refractivity contribution is 0.0315. The highest BCUT2D eigenvalue weighted by Crippen LogP contribution is 2.18. The van der Waals surface area contributed by atoms with Gasteiger partial charge in [-0.25, -0.2) is 4.79 Å². The first-order valence-electron chi connectivity index (χ1n) is 7.00. The van der Waals surface area contributed by atoms with Crippen molar-refractivity contribution in [3.8, 4) is 0 Å². The number of carbonyl (C=O) groups is 2. The molecule has 0 radical (unpaired) electrons.